The molecule has 7 heteroatoms. The number of nitrogens with one attached hydrogen (secondary N) is 1. The van der Waals surface area contributed by atoms with Crippen LogP contribution in [0.15, 0.2) is 30.5 Å². The van der Waals surface area contributed by atoms with Gasteiger partial charge in [0.15, 0.2) is 5.54 Å². The molecule has 134 valence electrons. The number of benzene rings is 1. The fourth-order valence-electron chi connectivity index (χ4n) is 2.89. The Bertz CT molecular complexity index is 715. The molecule has 0 saturated heterocycles. The summed E-state index contributed by atoms with van der Waals surface area (Å²) in [5, 5.41) is 11.9. The summed E-state index contributed by atoms with van der Waals surface area (Å²) in [4.78, 5) is 37.3. The summed E-state index contributed by atoms with van der Waals surface area (Å²) in [6, 6.07) is 7.00. The summed E-state index contributed by atoms with van der Waals surface area (Å²) in [6.07, 6.45) is 3.42. The lowest BCUT2D eigenvalue weighted by atomic mass is 9.93. The van der Waals surface area contributed by atoms with Gasteiger partial charge < -0.3 is 20.1 Å². The second kappa shape index (κ2) is 7.48. The van der Waals surface area contributed by atoms with Crippen molar-refractivity contribution in [1.82, 2.24) is 10.2 Å². The summed E-state index contributed by atoms with van der Waals surface area (Å²) in [5.74, 6) is -1.85. The Hall–Kier alpha value is -2.67. The number of hydrogen-bond acceptors (Lipinski definition) is 4. The quantitative estimate of drug-likeness (QED) is 0.815. The number of methoxy groups -OCH3 is 1. The van der Waals surface area contributed by atoms with Gasteiger partial charge in [-0.2, -0.15) is 0 Å². The fraction of sp³-hybridized carbons (Fsp3) is 0.389. The van der Waals surface area contributed by atoms with Gasteiger partial charge in [0.1, 0.15) is 0 Å². The van der Waals surface area contributed by atoms with Gasteiger partial charge in [-0.3, -0.25) is 9.59 Å². The number of hydrogen-bond donors (Lipinski definition) is 2. The number of nitrogens with zero attached hydrogens (tertiary/aromatic N) is 1. The second-order valence-electron chi connectivity index (χ2n) is 6.21. The largest absolute Gasteiger partial charge is 0.479 e. The molecule has 0 aliphatic carbocycles. The Kier molecular flexibility index (Phi) is 5.58. The van der Waals surface area contributed by atoms with Crippen LogP contribution in [0.1, 0.15) is 37.4 Å². The van der Waals surface area contributed by atoms with Gasteiger partial charge >= 0.3 is 5.97 Å². The van der Waals surface area contributed by atoms with E-state index in [1.807, 2.05) is 30.3 Å². The average Bonchev–Trinajstić information content (AvgIpc) is 2.54. The highest BCUT2D eigenvalue weighted by Gasteiger charge is 2.36. The van der Waals surface area contributed by atoms with Crippen molar-refractivity contribution in [3.63, 3.8) is 0 Å². The highest BCUT2D eigenvalue weighted by molar-refractivity contribution is 5.88. The van der Waals surface area contributed by atoms with Crippen LogP contribution in [0.25, 0.3) is 6.08 Å². The van der Waals surface area contributed by atoms with Crippen molar-refractivity contribution in [2.45, 2.75) is 31.8 Å². The summed E-state index contributed by atoms with van der Waals surface area (Å²) >= 11 is 0. The Labute approximate surface area is 146 Å². The molecule has 25 heavy (non-hydrogen) atoms. The maximum Gasteiger partial charge on any atom is 0.331 e. The Morgan fingerprint density at radius 1 is 1.32 bits per heavy atom. The molecule has 0 aromatic heterocycles. The Morgan fingerprint density at radius 3 is 2.60 bits per heavy atom. The van der Waals surface area contributed by atoms with E-state index in [2.05, 4.69) is 5.32 Å². The number of rotatable bonds is 6. The lowest BCUT2D eigenvalue weighted by Crippen LogP contribution is -2.55. The molecule has 0 fully saturated rings. The minimum atomic E-state index is -1.53. The van der Waals surface area contributed by atoms with Crippen molar-refractivity contribution in [3.8, 4) is 0 Å². The summed E-state index contributed by atoms with van der Waals surface area (Å²) in [6.45, 7) is 2.65. The molecule has 2 amide bonds. The fourth-order valence-corrected chi connectivity index (χ4v) is 2.89. The standard InChI is InChI=1S/C18H22N2O5/c1-12(21)20-9-8-13-6-4-5-7-14(13)15(20)10-16(22)19-18(2,11-25-3)17(23)24/h4-9,15H,10-11H2,1-3H3,(H,19,22)(H,23,24). The van der Waals surface area contributed by atoms with Gasteiger partial charge in [-0.1, -0.05) is 24.3 Å². The molecule has 0 bridgehead atoms. The number of ether oxygens (including phenoxy) is 1. The maximum absolute atomic E-state index is 12.5. The normalized spacial score (nSPS) is 18.2. The zero-order valence-electron chi connectivity index (χ0n) is 14.5. The van der Waals surface area contributed by atoms with E-state index in [1.54, 1.807) is 6.20 Å². The first-order chi connectivity index (χ1) is 11.8. The van der Waals surface area contributed by atoms with Gasteiger partial charge in [-0.05, 0) is 24.1 Å². The lowest BCUT2D eigenvalue weighted by molar-refractivity contribution is -0.149. The van der Waals surface area contributed by atoms with E-state index in [0.29, 0.717) is 0 Å². The van der Waals surface area contributed by atoms with Crippen LogP contribution in [0.3, 0.4) is 0 Å². The topological polar surface area (TPSA) is 95.9 Å². The molecule has 2 unspecified atom stereocenters. The first-order valence-electron chi connectivity index (χ1n) is 7.88. The van der Waals surface area contributed by atoms with Gasteiger partial charge in [-0.15, -0.1) is 0 Å². The lowest BCUT2D eigenvalue weighted by Gasteiger charge is -2.33. The smallest absolute Gasteiger partial charge is 0.331 e. The molecular weight excluding hydrogens is 324 g/mol. The predicted molar refractivity (Wildman–Crippen MR) is 91.4 cm³/mol. The van der Waals surface area contributed by atoms with Crippen LogP contribution < -0.4 is 5.32 Å². The third-order valence-corrected chi connectivity index (χ3v) is 4.17. The number of carboxylic acid groups (broad SMARTS) is 1. The molecule has 1 aromatic carbocycles. The zero-order chi connectivity index (χ0) is 18.6. The molecule has 2 atom stereocenters. The first-order valence-corrected chi connectivity index (χ1v) is 7.88. The van der Waals surface area contributed by atoms with E-state index >= 15 is 0 Å². The van der Waals surface area contributed by atoms with Gasteiger partial charge in [0.25, 0.3) is 0 Å². The van der Waals surface area contributed by atoms with Crippen molar-refractivity contribution in [2.24, 2.45) is 0 Å². The second-order valence-corrected chi connectivity index (χ2v) is 6.21. The monoisotopic (exact) mass is 346 g/mol. The van der Waals surface area contributed by atoms with Gasteiger partial charge in [0.05, 0.1) is 19.1 Å². The molecule has 7 nitrogen and oxygen atoms in total. The highest BCUT2D eigenvalue weighted by atomic mass is 16.5. The summed E-state index contributed by atoms with van der Waals surface area (Å²) in [7, 11) is 1.37. The molecule has 2 N–H and O–H groups in total. The molecule has 0 saturated carbocycles. The average molecular weight is 346 g/mol. The Morgan fingerprint density at radius 2 is 2.00 bits per heavy atom. The Balaban J connectivity index is 2.23. The molecule has 0 spiro atoms. The van der Waals surface area contributed by atoms with Crippen LogP contribution in [-0.2, 0) is 19.1 Å². The molecule has 2 rings (SSSR count). The number of carbonyl (C=O) groups excluding carboxylic acids is 2. The van der Waals surface area contributed by atoms with Crippen LogP contribution in [0.4, 0.5) is 0 Å². The van der Waals surface area contributed by atoms with Crippen LogP contribution in [0.2, 0.25) is 0 Å². The van der Waals surface area contributed by atoms with E-state index in [9.17, 15) is 19.5 Å². The minimum absolute atomic E-state index is 0.0481. The van der Waals surface area contributed by atoms with E-state index < -0.39 is 23.5 Å². The molecule has 1 aliphatic rings. The van der Waals surface area contributed by atoms with Crippen molar-refractivity contribution < 1.29 is 24.2 Å². The molecule has 1 heterocycles. The van der Waals surface area contributed by atoms with Crippen LogP contribution >= 0.6 is 0 Å². The first kappa shape index (κ1) is 18.7. The minimum Gasteiger partial charge on any atom is -0.479 e. The predicted octanol–water partition coefficient (Wildman–Crippen LogP) is 1.56. The van der Waals surface area contributed by atoms with Crippen LogP contribution in [-0.4, -0.2) is 47.0 Å². The number of fused-ring (bicyclic) bond motifs is 1. The van der Waals surface area contributed by atoms with Gasteiger partial charge in [0.2, 0.25) is 11.8 Å². The van der Waals surface area contributed by atoms with Crippen molar-refractivity contribution >= 4 is 23.9 Å². The number of aliphatic carboxylic acids is 1. The van der Waals surface area contributed by atoms with E-state index in [4.69, 9.17) is 4.74 Å². The van der Waals surface area contributed by atoms with Crippen molar-refractivity contribution in [1.29, 1.82) is 0 Å². The maximum atomic E-state index is 12.5. The zero-order valence-corrected chi connectivity index (χ0v) is 14.5. The molecule has 1 aliphatic heterocycles. The third-order valence-electron chi connectivity index (χ3n) is 4.17. The third kappa shape index (κ3) is 4.06. The number of carboxylic acids is 1. The van der Waals surface area contributed by atoms with Crippen molar-refractivity contribution in [2.75, 3.05) is 13.7 Å². The number of carbonyl (C=O) groups is 3. The molecule has 0 radical (unpaired) electrons. The van der Waals surface area contributed by atoms with Crippen molar-refractivity contribution in [3.05, 3.63) is 41.6 Å². The summed E-state index contributed by atoms with van der Waals surface area (Å²) < 4.78 is 4.90. The van der Waals surface area contributed by atoms with Crippen LogP contribution in [0.5, 0.6) is 0 Å². The summed E-state index contributed by atoms with van der Waals surface area (Å²) in [5.41, 5.74) is 0.242. The van der Waals surface area contributed by atoms with Crippen LogP contribution in [0, 0.1) is 0 Å². The number of amides is 2. The molecule has 1 aromatic rings. The van der Waals surface area contributed by atoms with E-state index in [1.165, 1.54) is 25.9 Å². The molecular formula is C18H22N2O5. The van der Waals surface area contributed by atoms with E-state index in [0.717, 1.165) is 11.1 Å². The SMILES string of the molecule is COCC(C)(NC(=O)CC1c2ccccc2C=CN1C(C)=O)C(=O)O. The van der Waals surface area contributed by atoms with Gasteiger partial charge in [-0.25, -0.2) is 4.79 Å². The van der Waals surface area contributed by atoms with Gasteiger partial charge in [0, 0.05) is 20.2 Å². The highest BCUT2D eigenvalue weighted by Crippen LogP contribution is 2.32. The van der Waals surface area contributed by atoms with E-state index in [-0.39, 0.29) is 18.9 Å².